The summed E-state index contributed by atoms with van der Waals surface area (Å²) in [4.78, 5) is 0. The average molecular weight is 203 g/mol. The number of hydrogen-bond donors (Lipinski definition) is 2. The lowest BCUT2D eigenvalue weighted by Crippen LogP contribution is -2.21. The lowest BCUT2D eigenvalue weighted by molar-refractivity contribution is 0.708. The number of hydrogen-bond acceptors (Lipinski definition) is 4. The number of nitrogens with two attached hydrogens (primary N) is 1. The van der Waals surface area contributed by atoms with E-state index in [1.165, 1.54) is 23.9 Å². The molecule has 1 heterocycles. The minimum Gasteiger partial charge on any atom is -0.480 e. The normalized spacial score (nSPS) is 20.8. The Hall–Kier alpha value is -0.0600. The topological polar surface area (TPSA) is 38.0 Å². The van der Waals surface area contributed by atoms with Gasteiger partial charge in [-0.1, -0.05) is 0 Å². The van der Waals surface area contributed by atoms with Gasteiger partial charge in [0.1, 0.15) is 0 Å². The van der Waals surface area contributed by atoms with Crippen LogP contribution in [0.2, 0.25) is 0 Å². The average Bonchev–Trinajstić information content (AvgIpc) is 2.04. The van der Waals surface area contributed by atoms with E-state index in [0.29, 0.717) is 0 Å². The number of rotatable bonds is 2. The van der Waals surface area contributed by atoms with Crippen LogP contribution in [-0.4, -0.2) is 24.0 Å². The van der Waals surface area contributed by atoms with Gasteiger partial charge in [-0.25, -0.2) is 5.87 Å². The fourth-order valence-electron chi connectivity index (χ4n) is 1.18. The fraction of sp³-hybridized carbons (Fsp3) is 0.500. The van der Waals surface area contributed by atoms with Crippen molar-refractivity contribution in [3.63, 3.8) is 0 Å². The molecule has 4 heteroatoms. The molecule has 0 aliphatic carbocycles. The van der Waals surface area contributed by atoms with Gasteiger partial charge in [0.2, 0.25) is 0 Å². The molecular weight excluding hydrogens is 188 g/mol. The third kappa shape index (κ3) is 2.77. The fourth-order valence-corrected chi connectivity index (χ4v) is 2.47. The summed E-state index contributed by atoms with van der Waals surface area (Å²) in [6.45, 7) is 1.05. The molecule has 0 radical (unpaired) electrons. The van der Waals surface area contributed by atoms with Crippen molar-refractivity contribution in [2.24, 2.45) is 5.14 Å². The molecule has 0 aromatic rings. The van der Waals surface area contributed by atoms with Crippen LogP contribution in [0, 0.1) is 0 Å². The first-order valence-electron chi connectivity index (χ1n) is 3.87. The molecular formula is C8H15N2S2-. The van der Waals surface area contributed by atoms with Gasteiger partial charge in [0.05, 0.1) is 5.03 Å². The van der Waals surface area contributed by atoms with Crippen LogP contribution in [0.5, 0.6) is 0 Å². The second kappa shape index (κ2) is 4.84. The maximum absolute atomic E-state index is 5.53. The molecule has 1 aliphatic heterocycles. The van der Waals surface area contributed by atoms with Crippen molar-refractivity contribution < 1.29 is 0 Å². The van der Waals surface area contributed by atoms with E-state index >= 15 is 0 Å². The van der Waals surface area contributed by atoms with E-state index < -0.39 is 0 Å². The Morgan fingerprint density at radius 2 is 2.50 bits per heavy atom. The van der Waals surface area contributed by atoms with Crippen LogP contribution in [0.3, 0.4) is 0 Å². The van der Waals surface area contributed by atoms with Crippen molar-refractivity contribution in [1.82, 2.24) is 5.32 Å². The van der Waals surface area contributed by atoms with Gasteiger partial charge in [-0.05, 0) is 30.4 Å². The molecule has 0 amide bonds. The molecule has 0 saturated heterocycles. The summed E-state index contributed by atoms with van der Waals surface area (Å²) in [7, 11) is 0.123. The predicted molar refractivity (Wildman–Crippen MR) is 62.5 cm³/mol. The van der Waals surface area contributed by atoms with Crippen LogP contribution in [0.25, 0.3) is 0 Å². The van der Waals surface area contributed by atoms with Crippen molar-refractivity contribution in [2.45, 2.75) is 12.8 Å². The summed E-state index contributed by atoms with van der Waals surface area (Å²) in [6, 6.07) is 0. The van der Waals surface area contributed by atoms with Crippen LogP contribution < -0.4 is 10.5 Å². The molecule has 0 unspecified atom stereocenters. The van der Waals surface area contributed by atoms with Gasteiger partial charge in [0, 0.05) is 6.54 Å². The Labute approximate surface area is 80.2 Å². The summed E-state index contributed by atoms with van der Waals surface area (Å²) in [5, 5.41) is 12.2. The quantitative estimate of drug-likeness (QED) is 0.393. The monoisotopic (exact) mass is 203 g/mol. The van der Waals surface area contributed by atoms with Gasteiger partial charge < -0.3 is 15.4 Å². The minimum absolute atomic E-state index is 0.123. The van der Waals surface area contributed by atoms with Crippen LogP contribution in [0.1, 0.15) is 12.8 Å². The van der Waals surface area contributed by atoms with Gasteiger partial charge >= 0.3 is 0 Å². The van der Waals surface area contributed by atoms with E-state index in [-0.39, 0.29) is 10.1 Å². The van der Waals surface area contributed by atoms with Gasteiger partial charge in [-0.2, -0.15) is 5.37 Å². The zero-order chi connectivity index (χ0) is 8.97. The largest absolute Gasteiger partial charge is 0.480 e. The highest BCUT2D eigenvalue weighted by atomic mass is 32.2. The molecule has 12 heavy (non-hydrogen) atoms. The molecule has 0 fully saturated rings. The molecule has 3 N–H and O–H groups in total. The second-order valence-corrected chi connectivity index (χ2v) is 5.07. The van der Waals surface area contributed by atoms with Crippen molar-refractivity contribution in [2.75, 3.05) is 12.8 Å². The van der Waals surface area contributed by atoms with E-state index in [2.05, 4.69) is 22.8 Å². The lowest BCUT2D eigenvalue weighted by atomic mass is 10.1. The SMILES string of the molecule is C=[S-](C)=CC1=C(SN)NCCC1. The zero-order valence-corrected chi connectivity index (χ0v) is 8.93. The van der Waals surface area contributed by atoms with E-state index in [1.807, 2.05) is 0 Å². The Kier molecular flexibility index (Phi) is 4.05. The summed E-state index contributed by atoms with van der Waals surface area (Å²) >= 11 is 1.31. The van der Waals surface area contributed by atoms with Crippen LogP contribution in [0.4, 0.5) is 0 Å². The van der Waals surface area contributed by atoms with Crippen LogP contribution in [0.15, 0.2) is 10.6 Å². The number of nitrogens with one attached hydrogen (secondary N) is 1. The maximum atomic E-state index is 5.53. The van der Waals surface area contributed by atoms with Gasteiger partial charge in [-0.3, -0.25) is 5.14 Å². The van der Waals surface area contributed by atoms with E-state index in [0.717, 1.165) is 18.0 Å². The van der Waals surface area contributed by atoms with Crippen molar-refractivity contribution in [1.29, 1.82) is 0 Å². The van der Waals surface area contributed by atoms with E-state index in [1.54, 1.807) is 0 Å². The molecule has 0 atom stereocenters. The third-order valence-corrected chi connectivity index (χ3v) is 2.99. The molecule has 0 aromatic carbocycles. The molecule has 0 bridgehead atoms. The molecule has 0 saturated carbocycles. The molecule has 0 aromatic heterocycles. The highest BCUT2D eigenvalue weighted by molar-refractivity contribution is 8.01. The Morgan fingerprint density at radius 1 is 1.75 bits per heavy atom. The first-order chi connectivity index (χ1) is 5.74. The predicted octanol–water partition coefficient (Wildman–Crippen LogP) is 0.671. The lowest BCUT2D eigenvalue weighted by Gasteiger charge is -2.20. The molecule has 2 nitrogen and oxygen atoms in total. The second-order valence-electron chi connectivity index (χ2n) is 2.81. The Bertz CT molecular complexity index is 262. The van der Waals surface area contributed by atoms with Crippen molar-refractivity contribution in [3.05, 3.63) is 10.6 Å². The molecule has 1 rings (SSSR count). The Balaban J connectivity index is 2.87. The molecule has 70 valence electrons. The van der Waals surface area contributed by atoms with Gasteiger partial charge in [0.15, 0.2) is 0 Å². The summed E-state index contributed by atoms with van der Waals surface area (Å²) < 4.78 is 0. The Morgan fingerprint density at radius 3 is 3.08 bits per heavy atom. The number of allylic oxidation sites excluding steroid dienone is 1. The van der Waals surface area contributed by atoms with E-state index in [9.17, 15) is 0 Å². The minimum atomic E-state index is 0.123. The summed E-state index contributed by atoms with van der Waals surface area (Å²) in [5.74, 6) is 3.96. The summed E-state index contributed by atoms with van der Waals surface area (Å²) in [5.41, 5.74) is 1.34. The van der Waals surface area contributed by atoms with Crippen molar-refractivity contribution >= 4 is 33.3 Å². The zero-order valence-electron chi connectivity index (χ0n) is 7.30. The van der Waals surface area contributed by atoms with Crippen LogP contribution in [-0.2, 0) is 10.1 Å². The highest BCUT2D eigenvalue weighted by Gasteiger charge is 2.06. The van der Waals surface area contributed by atoms with E-state index in [4.69, 9.17) is 5.14 Å². The first-order valence-corrected chi connectivity index (χ1v) is 6.61. The van der Waals surface area contributed by atoms with Gasteiger partial charge in [-0.15, -0.1) is 6.26 Å². The molecule has 0 spiro atoms. The first kappa shape index (κ1) is 10.0. The summed E-state index contributed by atoms with van der Waals surface area (Å²) in [6.07, 6.45) is 4.45. The smallest absolute Gasteiger partial charge is 0.0842 e. The highest BCUT2D eigenvalue weighted by Crippen LogP contribution is 2.18. The van der Waals surface area contributed by atoms with Crippen molar-refractivity contribution in [3.8, 4) is 0 Å². The molecule has 1 aliphatic rings. The third-order valence-electron chi connectivity index (χ3n) is 1.66. The standard InChI is InChI=1S/C8H15N2S2/c1-12(2)6-7-4-3-5-10-8(7)11-9/h6,10H,1,3-5,9H2,2H3/q-1. The van der Waals surface area contributed by atoms with Gasteiger partial charge in [0.25, 0.3) is 0 Å². The maximum Gasteiger partial charge on any atom is 0.0842 e. The van der Waals surface area contributed by atoms with Crippen LogP contribution >= 0.6 is 11.9 Å².